The Bertz CT molecular complexity index is 3130. The highest BCUT2D eigenvalue weighted by atomic mass is 32.3. The Kier molecular flexibility index (Phi) is 21.7. The average molecular weight is 1310 g/mol. The lowest BCUT2D eigenvalue weighted by Gasteiger charge is -2.49. The molecule has 440 valence electrons. The molecule has 0 aromatic rings. The molecule has 0 amide bonds. The van der Waals surface area contributed by atoms with E-state index in [1.54, 1.807) is 0 Å². The van der Waals surface area contributed by atoms with Gasteiger partial charge in [-0.15, -0.1) is 0 Å². The molecule has 3 saturated heterocycles. The number of ether oxygens (including phenoxy) is 5. The lowest BCUT2D eigenvalue weighted by atomic mass is 9.96. The maximum absolute atomic E-state index is 12.4. The summed E-state index contributed by atoms with van der Waals surface area (Å²) in [6.45, 7) is -6.17. The second kappa shape index (κ2) is 24.0. The molecule has 0 radical (unpaired) electrons. The minimum absolute atomic E-state index is 1.93. The number of aliphatic hydroxyl groups excluding tert-OH is 1. The van der Waals surface area contributed by atoms with Crippen molar-refractivity contribution in [1.29, 1.82) is 0 Å². The third kappa shape index (κ3) is 23.8. The molecular formula is C18H32O46S10. The van der Waals surface area contributed by atoms with Gasteiger partial charge in [-0.2, -0.15) is 84.2 Å². The SMILES string of the molecule is O=S(=O)(O)OC[C@H]1O[C@@H](O)[C@H](OS(=O)(=O)O)[C@@H](OS(=O)(=O)O)[C@@H]1O[C@H]1O[C@H](COS(=O)(=O)O)[C@@H](O[C@H]2O[C@H](COS(=O)(=O)O)[C@@H](OS(=O)(=O)O)[C@H](OS(=O)(=O)O)[C@H]2OS(=O)(=O)O)[C@H](OS(=O)(=O)O)[C@H]1OS(=O)(=O)O. The van der Waals surface area contributed by atoms with E-state index in [9.17, 15) is 126 Å². The summed E-state index contributed by atoms with van der Waals surface area (Å²) in [6, 6.07) is 0. The predicted octanol–water partition coefficient (Wildman–Crippen LogP) is -9.30. The molecule has 0 aromatic heterocycles. The minimum atomic E-state index is -6.51. The third-order valence-electron chi connectivity index (χ3n) is 8.15. The van der Waals surface area contributed by atoms with Crippen molar-refractivity contribution in [2.24, 2.45) is 0 Å². The first kappa shape index (κ1) is 66.7. The summed E-state index contributed by atoms with van der Waals surface area (Å²) < 4.78 is 400. The van der Waals surface area contributed by atoms with Gasteiger partial charge in [-0.25, -0.2) is 41.8 Å². The monoisotopic (exact) mass is 1300 g/mol. The Hall–Kier alpha value is -1.54. The van der Waals surface area contributed by atoms with E-state index in [-0.39, 0.29) is 0 Å². The van der Waals surface area contributed by atoms with E-state index in [1.807, 2.05) is 0 Å². The first-order chi connectivity index (χ1) is 32.8. The largest absolute Gasteiger partial charge is 0.397 e. The van der Waals surface area contributed by atoms with E-state index in [0.717, 1.165) is 0 Å². The van der Waals surface area contributed by atoms with Crippen molar-refractivity contribution in [3.63, 3.8) is 0 Å². The lowest BCUT2D eigenvalue weighted by molar-refractivity contribution is -0.367. The second-order valence-corrected chi connectivity index (χ2v) is 24.0. The van der Waals surface area contributed by atoms with Gasteiger partial charge in [-0.3, -0.25) is 45.5 Å². The topological polar surface area (TPSA) is 702 Å². The first-order valence-corrected chi connectivity index (χ1v) is 30.8. The summed E-state index contributed by atoms with van der Waals surface area (Å²) >= 11 is 0. The fraction of sp³-hybridized carbons (Fsp3) is 1.00. The summed E-state index contributed by atoms with van der Waals surface area (Å²) in [6.07, 6.45) is -50.2. The fourth-order valence-electron chi connectivity index (χ4n) is 6.11. The Morgan fingerprint density at radius 3 is 0.770 bits per heavy atom. The molecule has 0 spiro atoms. The van der Waals surface area contributed by atoms with E-state index in [2.05, 4.69) is 41.8 Å². The van der Waals surface area contributed by atoms with Gasteiger partial charge < -0.3 is 28.8 Å². The Morgan fingerprint density at radius 2 is 0.486 bits per heavy atom. The molecule has 0 unspecified atom stereocenters. The van der Waals surface area contributed by atoms with E-state index in [4.69, 9.17) is 32.8 Å². The number of hydrogen-bond acceptors (Lipinski definition) is 36. The summed E-state index contributed by atoms with van der Waals surface area (Å²) in [5.41, 5.74) is 0. The highest BCUT2D eigenvalue weighted by molar-refractivity contribution is 7.83. The normalized spacial score (nSPS) is 32.8. The van der Waals surface area contributed by atoms with Crippen LogP contribution in [0.25, 0.3) is 0 Å². The maximum Gasteiger partial charge on any atom is 0.397 e. The van der Waals surface area contributed by atoms with Gasteiger partial charge in [-0.1, -0.05) is 0 Å². The van der Waals surface area contributed by atoms with Crippen molar-refractivity contribution in [2.45, 2.75) is 92.1 Å². The van der Waals surface area contributed by atoms with Crippen molar-refractivity contribution >= 4 is 104 Å². The van der Waals surface area contributed by atoms with Crippen LogP contribution in [0.3, 0.4) is 0 Å². The van der Waals surface area contributed by atoms with Gasteiger partial charge >= 0.3 is 104 Å². The van der Waals surface area contributed by atoms with Crippen LogP contribution in [0.15, 0.2) is 0 Å². The Labute approximate surface area is 414 Å². The highest BCUT2D eigenvalue weighted by Gasteiger charge is 2.61. The second-order valence-electron chi connectivity index (χ2n) is 13.4. The Morgan fingerprint density at radius 1 is 0.270 bits per heavy atom. The average Bonchev–Trinajstić information content (AvgIpc) is 3.12. The molecule has 74 heavy (non-hydrogen) atoms. The molecule has 0 aromatic carbocycles. The van der Waals surface area contributed by atoms with E-state index >= 15 is 0 Å². The number of rotatable bonds is 27. The van der Waals surface area contributed by atoms with Crippen molar-refractivity contribution in [3.8, 4) is 0 Å². The van der Waals surface area contributed by atoms with Gasteiger partial charge in [0.2, 0.25) is 0 Å². The maximum atomic E-state index is 12.4. The third-order valence-corrected chi connectivity index (χ3v) is 12.7. The molecule has 56 heteroatoms. The van der Waals surface area contributed by atoms with Gasteiger partial charge in [0.15, 0.2) is 37.2 Å². The van der Waals surface area contributed by atoms with Crippen molar-refractivity contribution < 1.29 is 200 Å². The van der Waals surface area contributed by atoms with Crippen LogP contribution in [0.1, 0.15) is 0 Å². The molecule has 3 heterocycles. The van der Waals surface area contributed by atoms with Gasteiger partial charge in [-0.05, 0) is 0 Å². The fourth-order valence-corrected chi connectivity index (χ4v) is 10.5. The molecule has 3 rings (SSSR count). The molecule has 46 nitrogen and oxygen atoms in total. The molecule has 0 aliphatic carbocycles. The Balaban J connectivity index is 2.50. The summed E-state index contributed by atoms with van der Waals surface area (Å²) in [4.78, 5) is 0. The van der Waals surface area contributed by atoms with Gasteiger partial charge in [0.1, 0.15) is 54.9 Å². The number of hydrogen-bond donors (Lipinski definition) is 11. The van der Waals surface area contributed by atoms with Crippen LogP contribution >= 0.6 is 0 Å². The zero-order valence-corrected chi connectivity index (χ0v) is 42.2. The van der Waals surface area contributed by atoms with Crippen LogP contribution in [-0.4, -0.2) is 247 Å². The smallest absolute Gasteiger partial charge is 0.366 e. The summed E-state index contributed by atoms with van der Waals surface area (Å²) in [7, 11) is -61.9. The summed E-state index contributed by atoms with van der Waals surface area (Å²) in [5.74, 6) is 0. The minimum Gasteiger partial charge on any atom is -0.366 e. The van der Waals surface area contributed by atoms with Crippen molar-refractivity contribution in [2.75, 3.05) is 19.8 Å². The first-order valence-electron chi connectivity index (χ1n) is 17.2. The summed E-state index contributed by atoms with van der Waals surface area (Å²) in [5, 5.41) is 10.5. The number of aliphatic hydroxyl groups is 1. The van der Waals surface area contributed by atoms with E-state index in [1.165, 1.54) is 0 Å². The van der Waals surface area contributed by atoms with E-state index < -0.39 is 216 Å². The molecule has 3 aliphatic heterocycles. The zero-order valence-electron chi connectivity index (χ0n) is 34.1. The quantitative estimate of drug-likeness (QED) is 0.0340. The molecule has 3 fully saturated rings. The molecule has 3 aliphatic rings. The van der Waals surface area contributed by atoms with Gasteiger partial charge in [0.05, 0.1) is 19.8 Å². The van der Waals surface area contributed by atoms with Crippen LogP contribution < -0.4 is 0 Å². The van der Waals surface area contributed by atoms with Crippen molar-refractivity contribution in [3.05, 3.63) is 0 Å². The van der Waals surface area contributed by atoms with Crippen LogP contribution in [-0.2, 0) is 170 Å². The molecular weight excluding hydrogens is 1270 g/mol. The molecule has 0 saturated carbocycles. The van der Waals surface area contributed by atoms with Crippen LogP contribution in [0.4, 0.5) is 0 Å². The lowest BCUT2D eigenvalue weighted by Crippen LogP contribution is -2.69. The van der Waals surface area contributed by atoms with Crippen molar-refractivity contribution in [1.82, 2.24) is 0 Å². The zero-order chi connectivity index (χ0) is 57.4. The molecule has 15 atom stereocenters. The van der Waals surface area contributed by atoms with E-state index in [0.29, 0.717) is 0 Å². The molecule has 11 N–H and O–H groups in total. The molecule has 0 bridgehead atoms. The van der Waals surface area contributed by atoms with Crippen LogP contribution in [0.2, 0.25) is 0 Å². The van der Waals surface area contributed by atoms with Crippen LogP contribution in [0, 0.1) is 0 Å². The van der Waals surface area contributed by atoms with Crippen LogP contribution in [0.5, 0.6) is 0 Å². The highest BCUT2D eigenvalue weighted by Crippen LogP contribution is 2.39. The van der Waals surface area contributed by atoms with Gasteiger partial charge in [0, 0.05) is 0 Å². The standard InChI is InChI=1S/C18H32O46S10/c19-16-13(62-72(41,42)43)10(59-69(32,33)34)7(4(53-16)1-50-65(20,21)22)56-17-14(63-73(44,45)46)11(60-70(35,36)37)8(5(54-17)2-51-66(23,24)25)57-18-15(64-74(47,48)49)12(61-71(38,39)40)9(58-68(29,30)31)6(55-18)3-52-67(26,27)28/h4-19H,1-3H2,(H,20,21,22)(H,23,24,25)(H,26,27,28)(H,29,30,31)(H,32,33,34)(H,35,36,37)(H,38,39,40)(H,41,42,43)(H,44,45,46)(H,47,48,49)/t4-,5-,6-,7-,8-,9-,10+,11+,12+,13-,14-,15-,16-,17-,18-/m1/s1. The predicted molar refractivity (Wildman–Crippen MR) is 205 cm³/mol. The van der Waals surface area contributed by atoms with Gasteiger partial charge in [0.25, 0.3) is 0 Å².